The zero-order valence-electron chi connectivity index (χ0n) is 15.9. The maximum Gasteiger partial charge on any atom is 0.317 e. The lowest BCUT2D eigenvalue weighted by Gasteiger charge is -2.29. The van der Waals surface area contributed by atoms with Crippen molar-refractivity contribution in [3.63, 3.8) is 0 Å². The van der Waals surface area contributed by atoms with Gasteiger partial charge in [-0.25, -0.2) is 32.1 Å². The highest BCUT2D eigenvalue weighted by molar-refractivity contribution is 7.88. The normalized spacial score (nSPS) is 16.0. The van der Waals surface area contributed by atoms with Crippen molar-refractivity contribution in [2.75, 3.05) is 24.7 Å². The summed E-state index contributed by atoms with van der Waals surface area (Å²) in [5, 5.41) is 3.03. The Morgan fingerprint density at radius 3 is 2.70 bits per heavy atom. The van der Waals surface area contributed by atoms with E-state index in [4.69, 9.17) is 16.3 Å². The summed E-state index contributed by atoms with van der Waals surface area (Å²) in [6.45, 7) is 0.774. The second-order valence-corrected chi connectivity index (χ2v) is 9.23. The van der Waals surface area contributed by atoms with E-state index in [0.29, 0.717) is 48.5 Å². The van der Waals surface area contributed by atoms with Gasteiger partial charge in [-0.15, -0.1) is 0 Å². The van der Waals surface area contributed by atoms with Gasteiger partial charge in [0.25, 0.3) is 0 Å². The molecule has 0 bridgehead atoms. The minimum atomic E-state index is -3.20. The Hall–Kier alpha value is -2.63. The van der Waals surface area contributed by atoms with E-state index in [0.717, 1.165) is 0 Å². The molecule has 9 nitrogen and oxygen atoms in total. The highest BCUT2D eigenvalue weighted by Crippen LogP contribution is 2.26. The molecule has 0 atom stereocenters. The number of ether oxygens (including phenoxy) is 1. The van der Waals surface area contributed by atoms with E-state index in [9.17, 15) is 12.8 Å². The molecule has 1 aliphatic rings. The molecule has 2 aromatic heterocycles. The standard InChI is InChI=1S/C18H18ClFN6O3S/c1-30(27,28)26-6-4-12(5-7-26)29-18-21-9-15-16(25-18)17(23-10-22-15)24-11-2-3-14(20)13(19)8-11/h2-3,8-10,12H,4-7H2,1H3,(H,22,23,24). The van der Waals surface area contributed by atoms with E-state index < -0.39 is 15.8 Å². The number of sulfonamides is 1. The van der Waals surface area contributed by atoms with E-state index in [1.165, 1.54) is 41.3 Å². The molecule has 0 saturated carbocycles. The smallest absolute Gasteiger partial charge is 0.317 e. The van der Waals surface area contributed by atoms with Crippen molar-refractivity contribution in [2.24, 2.45) is 0 Å². The molecule has 30 heavy (non-hydrogen) atoms. The Morgan fingerprint density at radius 2 is 2.00 bits per heavy atom. The van der Waals surface area contributed by atoms with Crippen LogP contribution in [0.1, 0.15) is 12.8 Å². The fourth-order valence-electron chi connectivity index (χ4n) is 3.13. The van der Waals surface area contributed by atoms with Gasteiger partial charge < -0.3 is 10.1 Å². The molecule has 4 rings (SSSR count). The molecule has 0 unspecified atom stereocenters. The maximum absolute atomic E-state index is 13.4. The van der Waals surface area contributed by atoms with Crippen molar-refractivity contribution in [2.45, 2.75) is 18.9 Å². The molecule has 1 N–H and O–H groups in total. The lowest BCUT2D eigenvalue weighted by atomic mass is 10.1. The zero-order chi connectivity index (χ0) is 21.3. The third-order valence-electron chi connectivity index (χ3n) is 4.68. The molecule has 1 saturated heterocycles. The third kappa shape index (κ3) is 4.58. The number of hydrogen-bond donors (Lipinski definition) is 1. The van der Waals surface area contributed by atoms with Crippen LogP contribution >= 0.6 is 11.6 Å². The topological polar surface area (TPSA) is 110 Å². The van der Waals surface area contributed by atoms with E-state index in [1.54, 1.807) is 0 Å². The average Bonchev–Trinajstić information content (AvgIpc) is 2.71. The van der Waals surface area contributed by atoms with Crippen molar-refractivity contribution in [1.29, 1.82) is 0 Å². The monoisotopic (exact) mass is 452 g/mol. The van der Waals surface area contributed by atoms with Crippen LogP contribution in [0.3, 0.4) is 0 Å². The predicted molar refractivity (Wildman–Crippen MR) is 110 cm³/mol. The van der Waals surface area contributed by atoms with Crippen molar-refractivity contribution in [3.05, 3.63) is 41.6 Å². The average molecular weight is 453 g/mol. The van der Waals surface area contributed by atoms with Gasteiger partial charge in [0, 0.05) is 18.8 Å². The maximum atomic E-state index is 13.4. The van der Waals surface area contributed by atoms with Crippen molar-refractivity contribution in [1.82, 2.24) is 24.2 Å². The van der Waals surface area contributed by atoms with Crippen molar-refractivity contribution < 1.29 is 17.5 Å². The van der Waals surface area contributed by atoms with E-state index in [2.05, 4.69) is 25.3 Å². The summed E-state index contributed by atoms with van der Waals surface area (Å²) in [6, 6.07) is 4.37. The van der Waals surface area contributed by atoms with Crippen molar-refractivity contribution >= 4 is 44.2 Å². The van der Waals surface area contributed by atoms with Crippen LogP contribution in [-0.2, 0) is 10.0 Å². The van der Waals surface area contributed by atoms with E-state index in [1.807, 2.05) is 0 Å². The van der Waals surface area contributed by atoms with Gasteiger partial charge >= 0.3 is 6.01 Å². The Morgan fingerprint density at radius 1 is 1.23 bits per heavy atom. The Labute approximate surface area is 177 Å². The van der Waals surface area contributed by atoms with Crippen LogP contribution in [0, 0.1) is 5.82 Å². The summed E-state index contributed by atoms with van der Waals surface area (Å²) >= 11 is 5.84. The highest BCUT2D eigenvalue weighted by atomic mass is 35.5. The SMILES string of the molecule is CS(=O)(=O)N1CCC(Oc2ncc3ncnc(Nc4ccc(F)c(Cl)c4)c3n2)CC1. The summed E-state index contributed by atoms with van der Waals surface area (Å²) in [5.41, 5.74) is 1.46. The highest BCUT2D eigenvalue weighted by Gasteiger charge is 2.26. The molecular formula is C18H18ClFN6O3S. The molecule has 0 spiro atoms. The van der Waals surface area contributed by atoms with Gasteiger partial charge in [0.15, 0.2) is 5.82 Å². The first-order valence-corrected chi connectivity index (χ1v) is 11.3. The minimum Gasteiger partial charge on any atom is -0.460 e. The molecular weight excluding hydrogens is 435 g/mol. The van der Waals surface area contributed by atoms with Gasteiger partial charge in [-0.1, -0.05) is 11.6 Å². The third-order valence-corrected chi connectivity index (χ3v) is 6.27. The molecule has 158 valence electrons. The molecule has 0 radical (unpaired) electrons. The van der Waals surface area contributed by atoms with Crippen LogP contribution in [0.2, 0.25) is 5.02 Å². The van der Waals surface area contributed by atoms with Gasteiger partial charge in [-0.05, 0) is 31.0 Å². The quantitative estimate of drug-likeness (QED) is 0.629. The Balaban J connectivity index is 1.53. The lowest BCUT2D eigenvalue weighted by molar-refractivity contribution is 0.125. The fraction of sp³-hybridized carbons (Fsp3) is 0.333. The first-order chi connectivity index (χ1) is 14.3. The largest absolute Gasteiger partial charge is 0.460 e. The van der Waals surface area contributed by atoms with Gasteiger partial charge in [0.2, 0.25) is 10.0 Å². The molecule has 0 amide bonds. The molecule has 1 fully saturated rings. The molecule has 1 aliphatic heterocycles. The first-order valence-electron chi connectivity index (χ1n) is 9.11. The first kappa shape index (κ1) is 20.6. The number of hydrogen-bond acceptors (Lipinski definition) is 8. The number of halogens is 2. The summed E-state index contributed by atoms with van der Waals surface area (Å²) < 4.78 is 44.0. The second-order valence-electron chi connectivity index (χ2n) is 6.84. The summed E-state index contributed by atoms with van der Waals surface area (Å²) in [4.78, 5) is 17.0. The predicted octanol–water partition coefficient (Wildman–Crippen LogP) is 2.76. The van der Waals surface area contributed by atoms with Crippen LogP contribution in [0.25, 0.3) is 11.0 Å². The number of anilines is 2. The zero-order valence-corrected chi connectivity index (χ0v) is 17.5. The lowest BCUT2D eigenvalue weighted by Crippen LogP contribution is -2.41. The fourth-order valence-corrected chi connectivity index (χ4v) is 4.18. The number of piperidine rings is 1. The van der Waals surface area contributed by atoms with Gasteiger partial charge in [0.05, 0.1) is 17.5 Å². The molecule has 1 aromatic carbocycles. The second kappa shape index (κ2) is 8.25. The number of aromatic nitrogens is 4. The van der Waals surface area contributed by atoms with Gasteiger partial charge in [-0.2, -0.15) is 4.98 Å². The van der Waals surface area contributed by atoms with E-state index >= 15 is 0 Å². The minimum absolute atomic E-state index is 0.0163. The molecule has 3 heterocycles. The number of nitrogens with one attached hydrogen (secondary N) is 1. The summed E-state index contributed by atoms with van der Waals surface area (Å²) in [6.07, 6.45) is 4.97. The van der Waals surface area contributed by atoms with Gasteiger partial charge in [0.1, 0.15) is 29.3 Å². The van der Waals surface area contributed by atoms with Crippen LogP contribution in [0.15, 0.2) is 30.7 Å². The van der Waals surface area contributed by atoms with Crippen molar-refractivity contribution in [3.8, 4) is 6.01 Å². The summed E-state index contributed by atoms with van der Waals surface area (Å²) in [7, 11) is -3.20. The molecule has 12 heteroatoms. The van der Waals surface area contributed by atoms with E-state index in [-0.39, 0.29) is 17.1 Å². The Bertz CT molecular complexity index is 1190. The number of nitrogens with zero attached hydrogens (tertiary/aromatic N) is 5. The van der Waals surface area contributed by atoms with Crippen LogP contribution in [-0.4, -0.2) is 58.1 Å². The number of rotatable bonds is 5. The molecule has 3 aromatic rings. The number of benzene rings is 1. The number of fused-ring (bicyclic) bond motifs is 1. The Kier molecular flexibility index (Phi) is 5.67. The van der Waals surface area contributed by atoms with Gasteiger partial charge in [-0.3, -0.25) is 0 Å². The van der Waals surface area contributed by atoms with Crippen LogP contribution in [0.4, 0.5) is 15.9 Å². The van der Waals surface area contributed by atoms with Crippen LogP contribution in [0.5, 0.6) is 6.01 Å². The summed E-state index contributed by atoms with van der Waals surface area (Å²) in [5.74, 6) is -0.128. The van der Waals surface area contributed by atoms with Crippen LogP contribution < -0.4 is 10.1 Å². The molecule has 0 aliphatic carbocycles.